The molecule has 1 rings (SSSR count). The van der Waals surface area contributed by atoms with E-state index in [1.54, 1.807) is 0 Å². The molecule has 1 fully saturated rings. The zero-order chi connectivity index (χ0) is 10.6. The fraction of sp³-hybridized carbons (Fsp3) is 0.917. The van der Waals surface area contributed by atoms with Gasteiger partial charge < -0.3 is 4.74 Å². The van der Waals surface area contributed by atoms with Crippen LogP contribution in [0.2, 0.25) is 0 Å². The summed E-state index contributed by atoms with van der Waals surface area (Å²) in [5, 5.41) is 0. The van der Waals surface area contributed by atoms with Crippen LogP contribution < -0.4 is 0 Å². The first-order valence-corrected chi connectivity index (χ1v) is 5.83. The van der Waals surface area contributed by atoms with Crippen LogP contribution in [0.25, 0.3) is 0 Å². The second-order valence-corrected chi connectivity index (χ2v) is 4.62. The summed E-state index contributed by atoms with van der Waals surface area (Å²) in [7, 11) is 0. The maximum absolute atomic E-state index is 11.1. The third-order valence-corrected chi connectivity index (χ3v) is 3.25. The van der Waals surface area contributed by atoms with Crippen molar-refractivity contribution in [1.29, 1.82) is 0 Å². The van der Waals surface area contributed by atoms with Crippen molar-refractivity contribution in [3.05, 3.63) is 0 Å². The first-order chi connectivity index (χ1) is 6.63. The van der Waals surface area contributed by atoms with Gasteiger partial charge in [0.15, 0.2) is 0 Å². The topological polar surface area (TPSA) is 26.3 Å². The first-order valence-electron chi connectivity index (χ1n) is 5.83. The van der Waals surface area contributed by atoms with Crippen LogP contribution in [0.5, 0.6) is 0 Å². The van der Waals surface area contributed by atoms with Crippen LogP contribution in [-0.4, -0.2) is 12.1 Å². The van der Waals surface area contributed by atoms with E-state index >= 15 is 0 Å². The standard InChI is InChI=1S/C12H22O2/c1-4-12(13)14-11-7-5-10(6-8-11)9(2)3/h9-11H,4-8H2,1-3H3/t10-,11+. The molecule has 1 aliphatic rings. The average molecular weight is 198 g/mol. The second kappa shape index (κ2) is 5.38. The molecule has 0 aromatic heterocycles. The van der Waals surface area contributed by atoms with Crippen LogP contribution in [0.3, 0.4) is 0 Å². The Labute approximate surface area is 87.0 Å². The minimum atomic E-state index is -0.0435. The van der Waals surface area contributed by atoms with Crippen molar-refractivity contribution in [2.75, 3.05) is 0 Å². The van der Waals surface area contributed by atoms with Crippen molar-refractivity contribution < 1.29 is 9.53 Å². The Balaban J connectivity index is 2.25. The molecule has 14 heavy (non-hydrogen) atoms. The Morgan fingerprint density at radius 1 is 1.29 bits per heavy atom. The molecular weight excluding hydrogens is 176 g/mol. The Morgan fingerprint density at radius 2 is 1.86 bits per heavy atom. The molecule has 0 aromatic carbocycles. The van der Waals surface area contributed by atoms with E-state index in [0.717, 1.165) is 24.7 Å². The molecule has 0 amide bonds. The van der Waals surface area contributed by atoms with Gasteiger partial charge in [-0.2, -0.15) is 0 Å². The van der Waals surface area contributed by atoms with E-state index in [4.69, 9.17) is 4.74 Å². The van der Waals surface area contributed by atoms with Crippen molar-refractivity contribution >= 4 is 5.97 Å². The summed E-state index contributed by atoms with van der Waals surface area (Å²) in [6, 6.07) is 0. The van der Waals surface area contributed by atoms with Crippen LogP contribution >= 0.6 is 0 Å². The van der Waals surface area contributed by atoms with Crippen LogP contribution in [0.4, 0.5) is 0 Å². The van der Waals surface area contributed by atoms with Gasteiger partial charge in [0.1, 0.15) is 6.10 Å². The molecule has 0 radical (unpaired) electrons. The first kappa shape index (κ1) is 11.5. The van der Waals surface area contributed by atoms with Crippen molar-refractivity contribution in [2.45, 2.75) is 59.0 Å². The van der Waals surface area contributed by atoms with Crippen molar-refractivity contribution in [3.63, 3.8) is 0 Å². The molecule has 0 atom stereocenters. The van der Waals surface area contributed by atoms with Gasteiger partial charge in [0.2, 0.25) is 0 Å². The van der Waals surface area contributed by atoms with Gasteiger partial charge in [-0.15, -0.1) is 0 Å². The highest BCUT2D eigenvalue weighted by molar-refractivity contribution is 5.69. The van der Waals surface area contributed by atoms with Crippen LogP contribution in [0.15, 0.2) is 0 Å². The fourth-order valence-electron chi connectivity index (χ4n) is 2.14. The maximum Gasteiger partial charge on any atom is 0.305 e. The smallest absolute Gasteiger partial charge is 0.305 e. The van der Waals surface area contributed by atoms with E-state index in [2.05, 4.69) is 13.8 Å². The number of hydrogen-bond donors (Lipinski definition) is 0. The molecule has 1 aliphatic carbocycles. The van der Waals surface area contributed by atoms with Crippen molar-refractivity contribution in [1.82, 2.24) is 0 Å². The SMILES string of the molecule is CCC(=O)O[C@H]1CC[C@@H](C(C)C)CC1. The molecule has 0 spiro atoms. The summed E-state index contributed by atoms with van der Waals surface area (Å²) in [5.41, 5.74) is 0. The minimum absolute atomic E-state index is 0.0435. The number of rotatable bonds is 3. The molecule has 1 saturated carbocycles. The molecule has 0 aromatic rings. The zero-order valence-electron chi connectivity index (χ0n) is 9.58. The third kappa shape index (κ3) is 3.32. The molecule has 0 aliphatic heterocycles. The molecule has 0 unspecified atom stereocenters. The molecule has 0 bridgehead atoms. The lowest BCUT2D eigenvalue weighted by atomic mass is 9.80. The monoisotopic (exact) mass is 198 g/mol. The lowest BCUT2D eigenvalue weighted by molar-refractivity contribution is -0.150. The van der Waals surface area contributed by atoms with Gasteiger partial charge in [-0.25, -0.2) is 0 Å². The number of ether oxygens (including phenoxy) is 1. The van der Waals surface area contributed by atoms with E-state index in [1.165, 1.54) is 12.8 Å². The highest BCUT2D eigenvalue weighted by Crippen LogP contribution is 2.31. The number of esters is 1. The lowest BCUT2D eigenvalue weighted by Gasteiger charge is -2.30. The zero-order valence-corrected chi connectivity index (χ0v) is 9.58. The minimum Gasteiger partial charge on any atom is -0.462 e. The summed E-state index contributed by atoms with van der Waals surface area (Å²) in [6.45, 7) is 6.41. The van der Waals surface area contributed by atoms with E-state index in [0.29, 0.717) is 6.42 Å². The van der Waals surface area contributed by atoms with Gasteiger partial charge in [0, 0.05) is 6.42 Å². The summed E-state index contributed by atoms with van der Waals surface area (Å²) in [4.78, 5) is 11.1. The lowest BCUT2D eigenvalue weighted by Crippen LogP contribution is -2.26. The van der Waals surface area contributed by atoms with Gasteiger partial charge in [0.25, 0.3) is 0 Å². The Kier molecular flexibility index (Phi) is 4.43. The quantitative estimate of drug-likeness (QED) is 0.651. The highest BCUT2D eigenvalue weighted by Gasteiger charge is 2.24. The summed E-state index contributed by atoms with van der Waals surface area (Å²) < 4.78 is 5.33. The Bertz CT molecular complexity index is 179. The van der Waals surface area contributed by atoms with E-state index in [9.17, 15) is 4.79 Å². The largest absolute Gasteiger partial charge is 0.462 e. The summed E-state index contributed by atoms with van der Waals surface area (Å²) in [5.74, 6) is 1.57. The molecule has 0 heterocycles. The number of carbonyl (C=O) groups is 1. The van der Waals surface area contributed by atoms with E-state index in [-0.39, 0.29) is 12.1 Å². The van der Waals surface area contributed by atoms with Gasteiger partial charge >= 0.3 is 5.97 Å². The van der Waals surface area contributed by atoms with Gasteiger partial charge in [-0.05, 0) is 37.5 Å². The highest BCUT2D eigenvalue weighted by atomic mass is 16.5. The number of carbonyl (C=O) groups excluding carboxylic acids is 1. The van der Waals surface area contributed by atoms with E-state index in [1.807, 2.05) is 6.92 Å². The maximum atomic E-state index is 11.1. The summed E-state index contributed by atoms with van der Waals surface area (Å²) >= 11 is 0. The third-order valence-electron chi connectivity index (χ3n) is 3.25. The Morgan fingerprint density at radius 3 is 2.29 bits per heavy atom. The fourth-order valence-corrected chi connectivity index (χ4v) is 2.14. The Hall–Kier alpha value is -0.530. The summed E-state index contributed by atoms with van der Waals surface area (Å²) in [6.07, 6.45) is 5.28. The van der Waals surface area contributed by atoms with Gasteiger partial charge in [-0.3, -0.25) is 4.79 Å². The van der Waals surface area contributed by atoms with Gasteiger partial charge in [0.05, 0.1) is 0 Å². The van der Waals surface area contributed by atoms with E-state index < -0.39 is 0 Å². The van der Waals surface area contributed by atoms with Crippen LogP contribution in [0, 0.1) is 11.8 Å². The molecular formula is C12H22O2. The predicted octanol–water partition coefficient (Wildman–Crippen LogP) is 3.15. The second-order valence-electron chi connectivity index (χ2n) is 4.62. The molecule has 2 nitrogen and oxygen atoms in total. The molecule has 0 N–H and O–H groups in total. The van der Waals surface area contributed by atoms with Gasteiger partial charge in [-0.1, -0.05) is 20.8 Å². The van der Waals surface area contributed by atoms with Crippen molar-refractivity contribution in [3.8, 4) is 0 Å². The average Bonchev–Trinajstić information content (AvgIpc) is 2.18. The normalized spacial score (nSPS) is 27.7. The predicted molar refractivity (Wildman–Crippen MR) is 57.0 cm³/mol. The van der Waals surface area contributed by atoms with Crippen LogP contribution in [0.1, 0.15) is 52.9 Å². The van der Waals surface area contributed by atoms with Crippen LogP contribution in [-0.2, 0) is 9.53 Å². The molecule has 82 valence electrons. The number of hydrogen-bond acceptors (Lipinski definition) is 2. The molecule has 2 heteroatoms. The molecule has 0 saturated heterocycles. The van der Waals surface area contributed by atoms with Crippen molar-refractivity contribution in [2.24, 2.45) is 11.8 Å².